The third-order valence-electron chi connectivity index (χ3n) is 4.06. The smallest absolute Gasteiger partial charge is 0.258 e. The van der Waals surface area contributed by atoms with E-state index < -0.39 is 4.92 Å². The molecule has 0 bridgehead atoms. The van der Waals surface area contributed by atoms with Crippen molar-refractivity contribution in [3.05, 3.63) is 82.0 Å². The molecule has 2 aromatic carbocycles. The number of thioether (sulfide) groups is 1. The molecular formula is C20H19N3O2S. The standard InChI is InChI=1S/C20H19N3O2S/c1-26-20-21-17(9-5-8-15-6-3-2-4-7-15)14-19(22-20)16-10-12-18(13-11-16)23(24)25/h2-4,6-7,10-14H,5,8-9H2,1H3. The fourth-order valence-corrected chi connectivity index (χ4v) is 3.11. The van der Waals surface area contributed by atoms with Crippen molar-refractivity contribution >= 4 is 17.4 Å². The lowest BCUT2D eigenvalue weighted by atomic mass is 10.1. The van der Waals surface area contributed by atoms with E-state index in [2.05, 4.69) is 34.2 Å². The van der Waals surface area contributed by atoms with Crippen LogP contribution < -0.4 is 0 Å². The number of rotatable bonds is 7. The number of aromatic nitrogens is 2. The van der Waals surface area contributed by atoms with Crippen LogP contribution in [0.15, 0.2) is 65.8 Å². The second-order valence-electron chi connectivity index (χ2n) is 5.87. The van der Waals surface area contributed by atoms with Gasteiger partial charge in [-0.25, -0.2) is 9.97 Å². The number of hydrogen-bond acceptors (Lipinski definition) is 5. The predicted octanol–water partition coefficient (Wildman–Crippen LogP) is 4.95. The third-order valence-corrected chi connectivity index (χ3v) is 4.60. The number of benzene rings is 2. The number of non-ortho nitro benzene ring substituents is 1. The highest BCUT2D eigenvalue weighted by molar-refractivity contribution is 7.98. The SMILES string of the molecule is CSc1nc(CCCc2ccccc2)cc(-c2ccc([N+](=O)[O-])cc2)n1. The number of nitro benzene ring substituents is 1. The van der Waals surface area contributed by atoms with Gasteiger partial charge in [0.1, 0.15) is 0 Å². The van der Waals surface area contributed by atoms with E-state index in [9.17, 15) is 10.1 Å². The van der Waals surface area contributed by atoms with Crippen LogP contribution in [0.3, 0.4) is 0 Å². The van der Waals surface area contributed by atoms with Crippen LogP contribution in [0.25, 0.3) is 11.3 Å². The van der Waals surface area contributed by atoms with Crippen molar-refractivity contribution in [3.63, 3.8) is 0 Å². The summed E-state index contributed by atoms with van der Waals surface area (Å²) in [7, 11) is 0. The molecule has 0 saturated carbocycles. The minimum Gasteiger partial charge on any atom is -0.258 e. The molecule has 1 aromatic heterocycles. The van der Waals surface area contributed by atoms with E-state index >= 15 is 0 Å². The molecule has 6 heteroatoms. The molecule has 3 rings (SSSR count). The molecule has 0 aliphatic rings. The van der Waals surface area contributed by atoms with Gasteiger partial charge in [-0.3, -0.25) is 10.1 Å². The van der Waals surface area contributed by atoms with Crippen LogP contribution in [0.1, 0.15) is 17.7 Å². The summed E-state index contributed by atoms with van der Waals surface area (Å²) >= 11 is 1.50. The highest BCUT2D eigenvalue weighted by atomic mass is 32.2. The van der Waals surface area contributed by atoms with Crippen LogP contribution in [-0.2, 0) is 12.8 Å². The molecule has 0 atom stereocenters. The molecule has 26 heavy (non-hydrogen) atoms. The molecule has 3 aromatic rings. The zero-order valence-corrected chi connectivity index (χ0v) is 15.3. The fraction of sp³-hybridized carbons (Fsp3) is 0.200. The first-order valence-corrected chi connectivity index (χ1v) is 9.59. The first-order valence-electron chi connectivity index (χ1n) is 8.36. The Morgan fingerprint density at radius 2 is 1.73 bits per heavy atom. The van der Waals surface area contributed by atoms with E-state index in [4.69, 9.17) is 0 Å². The number of nitrogens with zero attached hydrogens (tertiary/aromatic N) is 3. The van der Waals surface area contributed by atoms with Crippen molar-refractivity contribution in [3.8, 4) is 11.3 Å². The molecule has 0 unspecified atom stereocenters. The Hall–Kier alpha value is -2.73. The van der Waals surface area contributed by atoms with Crippen molar-refractivity contribution in [1.29, 1.82) is 0 Å². The third kappa shape index (κ3) is 4.67. The van der Waals surface area contributed by atoms with Gasteiger partial charge in [0.2, 0.25) is 0 Å². The molecule has 1 heterocycles. The van der Waals surface area contributed by atoms with E-state index in [-0.39, 0.29) is 5.69 Å². The number of nitro groups is 1. The van der Waals surface area contributed by atoms with Gasteiger partial charge in [0.05, 0.1) is 10.6 Å². The lowest BCUT2D eigenvalue weighted by Gasteiger charge is -2.07. The Bertz CT molecular complexity index is 883. The van der Waals surface area contributed by atoms with Gasteiger partial charge in [0.15, 0.2) is 5.16 Å². The summed E-state index contributed by atoms with van der Waals surface area (Å²) in [4.78, 5) is 19.6. The van der Waals surface area contributed by atoms with Gasteiger partial charge < -0.3 is 0 Å². The predicted molar refractivity (Wildman–Crippen MR) is 104 cm³/mol. The van der Waals surface area contributed by atoms with Crippen LogP contribution in [0.4, 0.5) is 5.69 Å². The summed E-state index contributed by atoms with van der Waals surface area (Å²) in [5.41, 5.74) is 4.05. The maximum Gasteiger partial charge on any atom is 0.269 e. The van der Waals surface area contributed by atoms with Gasteiger partial charge >= 0.3 is 0 Å². The first kappa shape index (κ1) is 18.1. The topological polar surface area (TPSA) is 68.9 Å². The largest absolute Gasteiger partial charge is 0.269 e. The molecule has 0 fully saturated rings. The Morgan fingerprint density at radius 3 is 2.38 bits per heavy atom. The first-order chi connectivity index (χ1) is 12.7. The maximum absolute atomic E-state index is 10.8. The second kappa shape index (κ2) is 8.58. The van der Waals surface area contributed by atoms with Gasteiger partial charge in [-0.15, -0.1) is 0 Å². The maximum atomic E-state index is 10.8. The zero-order chi connectivity index (χ0) is 18.4. The summed E-state index contributed by atoms with van der Waals surface area (Å²) in [6.45, 7) is 0. The lowest BCUT2D eigenvalue weighted by molar-refractivity contribution is -0.384. The molecule has 132 valence electrons. The molecule has 0 radical (unpaired) electrons. The van der Waals surface area contributed by atoms with Crippen molar-refractivity contribution < 1.29 is 4.92 Å². The summed E-state index contributed by atoms with van der Waals surface area (Å²) in [6.07, 6.45) is 4.83. The molecule has 0 saturated heterocycles. The van der Waals surface area contributed by atoms with Gasteiger partial charge in [-0.05, 0) is 49.3 Å². The lowest BCUT2D eigenvalue weighted by Crippen LogP contribution is -1.99. The Kier molecular flexibility index (Phi) is 5.96. The van der Waals surface area contributed by atoms with E-state index in [1.54, 1.807) is 12.1 Å². The van der Waals surface area contributed by atoms with Crippen LogP contribution in [0, 0.1) is 10.1 Å². The van der Waals surface area contributed by atoms with E-state index in [1.165, 1.54) is 29.5 Å². The molecule has 0 amide bonds. The highest BCUT2D eigenvalue weighted by Gasteiger charge is 2.09. The van der Waals surface area contributed by atoms with E-state index in [0.717, 1.165) is 41.4 Å². The monoisotopic (exact) mass is 365 g/mol. The molecule has 0 N–H and O–H groups in total. The number of aryl methyl sites for hydroxylation is 2. The van der Waals surface area contributed by atoms with Gasteiger partial charge in [-0.1, -0.05) is 42.1 Å². The minimum atomic E-state index is -0.397. The van der Waals surface area contributed by atoms with Crippen LogP contribution in [0.5, 0.6) is 0 Å². The molecule has 0 aliphatic heterocycles. The van der Waals surface area contributed by atoms with Crippen molar-refractivity contribution in [2.24, 2.45) is 0 Å². The zero-order valence-electron chi connectivity index (χ0n) is 14.5. The van der Waals surface area contributed by atoms with Crippen molar-refractivity contribution in [2.45, 2.75) is 24.4 Å². The summed E-state index contributed by atoms with van der Waals surface area (Å²) < 4.78 is 0. The average molecular weight is 365 g/mol. The normalized spacial score (nSPS) is 10.7. The number of hydrogen-bond donors (Lipinski definition) is 0. The minimum absolute atomic E-state index is 0.0796. The average Bonchev–Trinajstić information content (AvgIpc) is 2.68. The Labute approximate surface area is 156 Å². The summed E-state index contributed by atoms with van der Waals surface area (Å²) in [5.74, 6) is 0. The fourth-order valence-electron chi connectivity index (χ4n) is 2.71. The van der Waals surface area contributed by atoms with Crippen molar-refractivity contribution in [2.75, 3.05) is 6.26 Å². The summed E-state index contributed by atoms with van der Waals surface area (Å²) in [6, 6.07) is 18.9. The molecule has 5 nitrogen and oxygen atoms in total. The Balaban J connectivity index is 1.76. The van der Waals surface area contributed by atoms with Crippen LogP contribution in [-0.4, -0.2) is 21.1 Å². The van der Waals surface area contributed by atoms with E-state index in [0.29, 0.717) is 0 Å². The Morgan fingerprint density at radius 1 is 1.00 bits per heavy atom. The molecule has 0 aliphatic carbocycles. The van der Waals surface area contributed by atoms with E-state index in [1.807, 2.05) is 18.4 Å². The molecular weight excluding hydrogens is 346 g/mol. The quantitative estimate of drug-likeness (QED) is 0.256. The summed E-state index contributed by atoms with van der Waals surface area (Å²) in [5, 5.41) is 11.5. The molecule has 0 spiro atoms. The highest BCUT2D eigenvalue weighted by Crippen LogP contribution is 2.24. The van der Waals surface area contributed by atoms with Crippen LogP contribution >= 0.6 is 11.8 Å². The second-order valence-corrected chi connectivity index (χ2v) is 6.65. The van der Waals surface area contributed by atoms with Crippen LogP contribution in [0.2, 0.25) is 0 Å². The van der Waals surface area contributed by atoms with Gasteiger partial charge in [0.25, 0.3) is 5.69 Å². The van der Waals surface area contributed by atoms with Gasteiger partial charge in [-0.2, -0.15) is 0 Å². The van der Waals surface area contributed by atoms with Crippen molar-refractivity contribution in [1.82, 2.24) is 9.97 Å². The van der Waals surface area contributed by atoms with Gasteiger partial charge in [0, 0.05) is 23.4 Å².